The fourth-order valence-electron chi connectivity index (χ4n) is 1.11. The van der Waals surface area contributed by atoms with Crippen LogP contribution >= 0.6 is 11.8 Å². The zero-order chi connectivity index (χ0) is 10.5. The largest absolute Gasteiger partial charge is 0.325 e. The van der Waals surface area contributed by atoms with Gasteiger partial charge in [0.25, 0.3) is 0 Å². The normalized spacial score (nSPS) is 10.2. The first-order valence-electron chi connectivity index (χ1n) is 4.62. The third-order valence-corrected chi connectivity index (χ3v) is 2.78. The van der Waals surface area contributed by atoms with Crippen molar-refractivity contribution in [2.75, 3.05) is 0 Å². The molecule has 0 bridgehead atoms. The van der Waals surface area contributed by atoms with Gasteiger partial charge in [-0.3, -0.25) is 4.98 Å². The fraction of sp³-hybridized carbons (Fsp3) is 0.0909. The summed E-state index contributed by atoms with van der Waals surface area (Å²) in [6.07, 6.45) is 3.46. The summed E-state index contributed by atoms with van der Waals surface area (Å²) in [4.78, 5) is 9.61. The number of aromatic nitrogens is 2. The van der Waals surface area contributed by atoms with Crippen LogP contribution in [0.4, 0.5) is 0 Å². The highest BCUT2D eigenvalue weighted by atomic mass is 32.2. The van der Waals surface area contributed by atoms with Gasteiger partial charge in [-0.15, -0.1) is 0 Å². The lowest BCUT2D eigenvalue weighted by Gasteiger charge is -2.00. The van der Waals surface area contributed by atoms with Gasteiger partial charge in [0.1, 0.15) is 5.03 Å². The van der Waals surface area contributed by atoms with Gasteiger partial charge in [0.2, 0.25) is 0 Å². The van der Waals surface area contributed by atoms with E-state index in [2.05, 4.69) is 9.97 Å². The number of hydrogen-bond acceptors (Lipinski definition) is 4. The summed E-state index contributed by atoms with van der Waals surface area (Å²) in [7, 11) is 0. The molecule has 0 radical (unpaired) electrons. The van der Waals surface area contributed by atoms with Crippen LogP contribution in [0.3, 0.4) is 0 Å². The van der Waals surface area contributed by atoms with Gasteiger partial charge >= 0.3 is 0 Å². The van der Waals surface area contributed by atoms with Crippen LogP contribution < -0.4 is 5.73 Å². The maximum Gasteiger partial charge on any atom is 0.119 e. The molecule has 2 rings (SSSR count). The number of nitrogens with zero attached hydrogens (tertiary/aromatic N) is 2. The Bertz CT molecular complexity index is 414. The molecule has 0 unspecified atom stereocenters. The molecule has 0 amide bonds. The average Bonchev–Trinajstić information content (AvgIpc) is 2.31. The number of nitrogens with two attached hydrogens (primary N) is 1. The van der Waals surface area contributed by atoms with Crippen LogP contribution in [-0.2, 0) is 6.54 Å². The summed E-state index contributed by atoms with van der Waals surface area (Å²) >= 11 is 1.59. The Morgan fingerprint density at radius 2 is 1.87 bits per heavy atom. The summed E-state index contributed by atoms with van der Waals surface area (Å²) in [6.45, 7) is 0.434. The lowest BCUT2D eigenvalue weighted by Crippen LogP contribution is -1.99. The summed E-state index contributed by atoms with van der Waals surface area (Å²) in [5, 5.41) is 0.887. The van der Waals surface area contributed by atoms with Crippen LogP contribution in [0.1, 0.15) is 5.69 Å². The molecule has 15 heavy (non-hydrogen) atoms. The minimum Gasteiger partial charge on any atom is -0.325 e. The Kier molecular flexibility index (Phi) is 3.32. The van der Waals surface area contributed by atoms with Crippen molar-refractivity contribution in [2.45, 2.75) is 16.5 Å². The van der Waals surface area contributed by atoms with Crippen LogP contribution in [0.15, 0.2) is 52.6 Å². The molecule has 4 heteroatoms. The summed E-state index contributed by atoms with van der Waals surface area (Å²) < 4.78 is 0. The van der Waals surface area contributed by atoms with Crippen molar-refractivity contribution in [1.29, 1.82) is 0 Å². The smallest absolute Gasteiger partial charge is 0.119 e. The van der Waals surface area contributed by atoms with Crippen molar-refractivity contribution in [3.63, 3.8) is 0 Å². The monoisotopic (exact) mass is 217 g/mol. The third kappa shape index (κ3) is 2.78. The molecule has 1 aromatic heterocycles. The summed E-state index contributed by atoms with van der Waals surface area (Å²) in [6, 6.07) is 10.1. The molecule has 0 fully saturated rings. The highest BCUT2D eigenvalue weighted by Crippen LogP contribution is 2.24. The van der Waals surface area contributed by atoms with E-state index >= 15 is 0 Å². The maximum absolute atomic E-state index is 5.44. The minimum atomic E-state index is 0.434. The van der Waals surface area contributed by atoms with Gasteiger partial charge in [-0.25, -0.2) is 4.98 Å². The maximum atomic E-state index is 5.44. The Morgan fingerprint density at radius 3 is 2.47 bits per heavy atom. The van der Waals surface area contributed by atoms with Crippen molar-refractivity contribution in [3.05, 3.63) is 48.4 Å². The van der Waals surface area contributed by atoms with Crippen LogP contribution in [0.5, 0.6) is 0 Å². The van der Waals surface area contributed by atoms with Crippen molar-refractivity contribution >= 4 is 11.8 Å². The van der Waals surface area contributed by atoms with E-state index in [9.17, 15) is 0 Å². The van der Waals surface area contributed by atoms with E-state index in [0.717, 1.165) is 15.6 Å². The van der Waals surface area contributed by atoms with Gasteiger partial charge in [0.05, 0.1) is 18.1 Å². The minimum absolute atomic E-state index is 0.434. The van der Waals surface area contributed by atoms with E-state index in [1.165, 1.54) is 0 Å². The van der Waals surface area contributed by atoms with Crippen LogP contribution in [-0.4, -0.2) is 9.97 Å². The topological polar surface area (TPSA) is 51.8 Å². The Labute approximate surface area is 92.8 Å². The van der Waals surface area contributed by atoms with Crippen LogP contribution in [0.25, 0.3) is 0 Å². The first-order valence-corrected chi connectivity index (χ1v) is 5.44. The Balaban J connectivity index is 2.11. The highest BCUT2D eigenvalue weighted by molar-refractivity contribution is 7.99. The van der Waals surface area contributed by atoms with Crippen molar-refractivity contribution in [3.8, 4) is 0 Å². The predicted molar refractivity (Wildman–Crippen MR) is 60.5 cm³/mol. The second-order valence-electron chi connectivity index (χ2n) is 2.97. The second-order valence-corrected chi connectivity index (χ2v) is 4.06. The molecule has 0 aliphatic rings. The molecule has 0 aliphatic heterocycles. The quantitative estimate of drug-likeness (QED) is 0.855. The molecule has 2 aromatic rings. The van der Waals surface area contributed by atoms with E-state index in [4.69, 9.17) is 5.73 Å². The summed E-state index contributed by atoms with van der Waals surface area (Å²) in [5.74, 6) is 0. The van der Waals surface area contributed by atoms with Gasteiger partial charge in [0, 0.05) is 11.4 Å². The number of benzene rings is 1. The van der Waals surface area contributed by atoms with E-state index < -0.39 is 0 Å². The van der Waals surface area contributed by atoms with Crippen molar-refractivity contribution in [2.24, 2.45) is 5.73 Å². The molecule has 0 saturated heterocycles. The molecule has 0 spiro atoms. The molecular weight excluding hydrogens is 206 g/mol. The van der Waals surface area contributed by atoms with E-state index in [1.54, 1.807) is 24.2 Å². The van der Waals surface area contributed by atoms with E-state index in [0.29, 0.717) is 6.54 Å². The Hall–Kier alpha value is -1.39. The van der Waals surface area contributed by atoms with Crippen molar-refractivity contribution in [1.82, 2.24) is 9.97 Å². The standard InChI is InChI=1S/C11H11N3S/c12-6-9-7-14-11(8-13-9)15-10-4-2-1-3-5-10/h1-5,7-8H,6,12H2. The number of rotatable bonds is 3. The summed E-state index contributed by atoms with van der Waals surface area (Å²) in [5.41, 5.74) is 6.26. The third-order valence-electron chi connectivity index (χ3n) is 1.86. The zero-order valence-corrected chi connectivity index (χ0v) is 8.95. The molecule has 0 atom stereocenters. The first-order chi connectivity index (χ1) is 7.38. The molecule has 1 heterocycles. The molecule has 1 aromatic carbocycles. The van der Waals surface area contributed by atoms with Crippen molar-refractivity contribution < 1.29 is 0 Å². The lowest BCUT2D eigenvalue weighted by atomic mass is 10.4. The van der Waals surface area contributed by atoms with Crippen LogP contribution in [0.2, 0.25) is 0 Å². The van der Waals surface area contributed by atoms with Gasteiger partial charge in [-0.1, -0.05) is 30.0 Å². The van der Waals surface area contributed by atoms with Gasteiger partial charge in [-0.2, -0.15) is 0 Å². The molecule has 3 nitrogen and oxygen atoms in total. The van der Waals surface area contributed by atoms with E-state index in [-0.39, 0.29) is 0 Å². The lowest BCUT2D eigenvalue weighted by molar-refractivity contribution is 0.923. The second kappa shape index (κ2) is 4.91. The van der Waals surface area contributed by atoms with Gasteiger partial charge in [0.15, 0.2) is 0 Å². The van der Waals surface area contributed by atoms with Gasteiger partial charge < -0.3 is 5.73 Å². The number of hydrogen-bond donors (Lipinski definition) is 1. The Morgan fingerprint density at radius 1 is 1.07 bits per heavy atom. The molecule has 2 N–H and O–H groups in total. The predicted octanol–water partition coefficient (Wildman–Crippen LogP) is 2.09. The average molecular weight is 217 g/mol. The highest BCUT2D eigenvalue weighted by Gasteiger charge is 1.98. The zero-order valence-electron chi connectivity index (χ0n) is 8.13. The molecule has 0 aliphatic carbocycles. The fourth-order valence-corrected chi connectivity index (χ4v) is 1.86. The molecule has 76 valence electrons. The first kappa shape index (κ1) is 10.1. The van der Waals surface area contributed by atoms with Gasteiger partial charge in [-0.05, 0) is 12.1 Å². The molecular formula is C11H11N3S. The molecule has 0 saturated carbocycles. The SMILES string of the molecule is NCc1cnc(Sc2ccccc2)cn1. The van der Waals surface area contributed by atoms with Crippen LogP contribution in [0, 0.1) is 0 Å². The van der Waals surface area contributed by atoms with E-state index in [1.807, 2.05) is 30.3 Å².